The molecule has 0 radical (unpaired) electrons. The van der Waals surface area contributed by atoms with E-state index in [1.807, 2.05) is 24.7 Å². The van der Waals surface area contributed by atoms with Gasteiger partial charge in [0.25, 0.3) is 0 Å². The third-order valence-electron chi connectivity index (χ3n) is 6.36. The summed E-state index contributed by atoms with van der Waals surface area (Å²) in [6.07, 6.45) is 12.3. The molecule has 5 aromatic rings. The molecule has 4 heteroatoms. The molecule has 0 unspecified atom stereocenters. The number of benzene rings is 2. The summed E-state index contributed by atoms with van der Waals surface area (Å²) >= 11 is 0. The Kier molecular flexibility index (Phi) is 6.57. The van der Waals surface area contributed by atoms with Crippen molar-refractivity contribution in [2.45, 2.75) is 32.1 Å². The van der Waals surface area contributed by atoms with Gasteiger partial charge in [-0.05, 0) is 66.5 Å². The molecular formula is C30H28N4. The smallest absolute Gasteiger partial charge is 0.132 e. The van der Waals surface area contributed by atoms with Crippen molar-refractivity contribution in [1.29, 1.82) is 0 Å². The summed E-state index contributed by atoms with van der Waals surface area (Å²) < 4.78 is 0. The summed E-state index contributed by atoms with van der Waals surface area (Å²) in [5.74, 6) is 0.544. The van der Waals surface area contributed by atoms with Crippen LogP contribution in [0.25, 0.3) is 22.0 Å². The topological polar surface area (TPSA) is 64.7 Å². The lowest BCUT2D eigenvalue weighted by Gasteiger charge is -2.17. The second-order valence-corrected chi connectivity index (χ2v) is 8.60. The van der Waals surface area contributed by atoms with E-state index in [0.29, 0.717) is 5.82 Å². The lowest BCUT2D eigenvalue weighted by atomic mass is 9.92. The number of nitrogens with two attached hydrogens (primary N) is 1. The molecule has 168 valence electrons. The Bertz CT molecular complexity index is 1380. The Morgan fingerprint density at radius 1 is 0.618 bits per heavy atom. The number of anilines is 1. The van der Waals surface area contributed by atoms with Gasteiger partial charge in [-0.3, -0.25) is 9.97 Å². The Labute approximate surface area is 200 Å². The fourth-order valence-corrected chi connectivity index (χ4v) is 4.61. The SMILES string of the molecule is Nc1nc(-c2ccncc2CCCc2ccccc2)c(CCc2ccccc2)c2cnccc12. The van der Waals surface area contributed by atoms with E-state index < -0.39 is 0 Å². The van der Waals surface area contributed by atoms with Crippen LogP contribution in [-0.4, -0.2) is 15.0 Å². The van der Waals surface area contributed by atoms with Crippen molar-refractivity contribution in [3.8, 4) is 11.3 Å². The van der Waals surface area contributed by atoms with Crippen LogP contribution in [0.5, 0.6) is 0 Å². The number of hydrogen-bond donors (Lipinski definition) is 1. The van der Waals surface area contributed by atoms with Crippen LogP contribution < -0.4 is 5.73 Å². The molecule has 0 saturated carbocycles. The van der Waals surface area contributed by atoms with Crippen molar-refractivity contribution in [2.24, 2.45) is 0 Å². The molecule has 5 rings (SSSR count). The minimum Gasteiger partial charge on any atom is -0.383 e. The number of fused-ring (bicyclic) bond motifs is 1. The Morgan fingerprint density at radius 3 is 2.06 bits per heavy atom. The Balaban J connectivity index is 1.51. The van der Waals surface area contributed by atoms with E-state index in [4.69, 9.17) is 10.7 Å². The summed E-state index contributed by atoms with van der Waals surface area (Å²) in [4.78, 5) is 13.8. The standard InChI is InChI=1S/C30H28N4/c31-30-27-17-19-33-21-28(27)26(15-14-23-10-5-2-6-11-23)29(34-30)25-16-18-32-20-24(25)13-7-12-22-8-3-1-4-9-22/h1-6,8-11,16-21H,7,12-15H2,(H2,31,34). The van der Waals surface area contributed by atoms with E-state index in [1.54, 1.807) is 6.20 Å². The van der Waals surface area contributed by atoms with Crippen LogP contribution in [0.2, 0.25) is 0 Å². The molecular weight excluding hydrogens is 416 g/mol. The van der Waals surface area contributed by atoms with Gasteiger partial charge in [0.15, 0.2) is 0 Å². The highest BCUT2D eigenvalue weighted by molar-refractivity contribution is 5.96. The maximum absolute atomic E-state index is 6.44. The number of aromatic nitrogens is 3. The predicted molar refractivity (Wildman–Crippen MR) is 139 cm³/mol. The first-order valence-corrected chi connectivity index (χ1v) is 11.8. The first kappa shape index (κ1) is 21.8. The van der Waals surface area contributed by atoms with E-state index >= 15 is 0 Å². The second-order valence-electron chi connectivity index (χ2n) is 8.60. The molecule has 0 bridgehead atoms. The van der Waals surface area contributed by atoms with E-state index in [-0.39, 0.29) is 0 Å². The highest BCUT2D eigenvalue weighted by Crippen LogP contribution is 2.34. The van der Waals surface area contributed by atoms with Crippen molar-refractivity contribution in [1.82, 2.24) is 15.0 Å². The molecule has 3 aromatic heterocycles. The Morgan fingerprint density at radius 2 is 1.29 bits per heavy atom. The molecule has 0 aliphatic rings. The van der Waals surface area contributed by atoms with Crippen molar-refractivity contribution in [2.75, 3.05) is 5.73 Å². The van der Waals surface area contributed by atoms with Crippen LogP contribution in [0.15, 0.2) is 97.6 Å². The molecule has 2 aromatic carbocycles. The van der Waals surface area contributed by atoms with Gasteiger partial charge in [0.2, 0.25) is 0 Å². The first-order chi connectivity index (χ1) is 16.8. The fourth-order valence-electron chi connectivity index (χ4n) is 4.61. The molecule has 3 heterocycles. The first-order valence-electron chi connectivity index (χ1n) is 11.8. The van der Waals surface area contributed by atoms with Crippen molar-refractivity contribution >= 4 is 16.6 Å². The van der Waals surface area contributed by atoms with Crippen LogP contribution in [0, 0.1) is 0 Å². The summed E-state index contributed by atoms with van der Waals surface area (Å²) in [6, 6.07) is 25.2. The van der Waals surface area contributed by atoms with E-state index in [9.17, 15) is 0 Å². The van der Waals surface area contributed by atoms with Gasteiger partial charge in [0, 0.05) is 41.1 Å². The minimum absolute atomic E-state index is 0.544. The van der Waals surface area contributed by atoms with Gasteiger partial charge in [-0.1, -0.05) is 60.7 Å². The summed E-state index contributed by atoms with van der Waals surface area (Å²) in [6.45, 7) is 0. The zero-order valence-electron chi connectivity index (χ0n) is 19.2. The van der Waals surface area contributed by atoms with Gasteiger partial charge >= 0.3 is 0 Å². The maximum atomic E-state index is 6.44. The van der Waals surface area contributed by atoms with Crippen molar-refractivity contribution < 1.29 is 0 Å². The number of nitrogen functional groups attached to an aromatic ring is 1. The minimum atomic E-state index is 0.544. The average molecular weight is 445 g/mol. The van der Waals surface area contributed by atoms with E-state index in [0.717, 1.165) is 54.1 Å². The third-order valence-corrected chi connectivity index (χ3v) is 6.36. The number of aryl methyl sites for hydroxylation is 4. The van der Waals surface area contributed by atoms with Gasteiger partial charge in [-0.15, -0.1) is 0 Å². The Hall–Kier alpha value is -4.05. The summed E-state index contributed by atoms with van der Waals surface area (Å²) in [5.41, 5.74) is 13.6. The quantitative estimate of drug-likeness (QED) is 0.308. The molecule has 4 nitrogen and oxygen atoms in total. The van der Waals surface area contributed by atoms with Gasteiger partial charge in [0.1, 0.15) is 5.82 Å². The second kappa shape index (κ2) is 10.3. The van der Waals surface area contributed by atoms with E-state index in [2.05, 4.69) is 76.7 Å². The number of hydrogen-bond acceptors (Lipinski definition) is 4. The predicted octanol–water partition coefficient (Wildman–Crippen LogP) is 6.23. The number of pyridine rings is 3. The van der Waals surface area contributed by atoms with Crippen LogP contribution in [0.4, 0.5) is 5.82 Å². The molecule has 34 heavy (non-hydrogen) atoms. The largest absolute Gasteiger partial charge is 0.383 e. The molecule has 0 spiro atoms. The molecule has 2 N–H and O–H groups in total. The van der Waals surface area contributed by atoms with Gasteiger partial charge in [0.05, 0.1) is 5.69 Å². The lowest BCUT2D eigenvalue weighted by Crippen LogP contribution is -2.05. The van der Waals surface area contributed by atoms with Crippen LogP contribution >= 0.6 is 0 Å². The lowest BCUT2D eigenvalue weighted by molar-refractivity contribution is 0.817. The summed E-state index contributed by atoms with van der Waals surface area (Å²) in [5, 5.41) is 2.04. The zero-order chi connectivity index (χ0) is 23.2. The van der Waals surface area contributed by atoms with Gasteiger partial charge in [-0.2, -0.15) is 0 Å². The zero-order valence-corrected chi connectivity index (χ0v) is 19.2. The highest BCUT2D eigenvalue weighted by Gasteiger charge is 2.17. The molecule has 0 amide bonds. The van der Waals surface area contributed by atoms with Crippen LogP contribution in [-0.2, 0) is 25.7 Å². The van der Waals surface area contributed by atoms with Crippen LogP contribution in [0.3, 0.4) is 0 Å². The third kappa shape index (κ3) is 4.81. The van der Waals surface area contributed by atoms with Gasteiger partial charge < -0.3 is 5.73 Å². The summed E-state index contributed by atoms with van der Waals surface area (Å²) in [7, 11) is 0. The fraction of sp³-hybridized carbons (Fsp3) is 0.167. The normalized spacial score (nSPS) is 11.1. The number of nitrogens with zero attached hydrogens (tertiary/aromatic N) is 3. The molecule has 0 atom stereocenters. The van der Waals surface area contributed by atoms with Crippen LogP contribution in [0.1, 0.15) is 28.7 Å². The van der Waals surface area contributed by atoms with E-state index in [1.165, 1.54) is 22.3 Å². The maximum Gasteiger partial charge on any atom is 0.132 e. The van der Waals surface area contributed by atoms with Crippen molar-refractivity contribution in [3.63, 3.8) is 0 Å². The molecule has 0 saturated heterocycles. The van der Waals surface area contributed by atoms with Gasteiger partial charge in [-0.25, -0.2) is 4.98 Å². The molecule has 0 aliphatic heterocycles. The molecule has 0 aliphatic carbocycles. The number of rotatable bonds is 8. The highest BCUT2D eigenvalue weighted by atomic mass is 14.9. The average Bonchev–Trinajstić information content (AvgIpc) is 2.90. The van der Waals surface area contributed by atoms with Crippen molar-refractivity contribution in [3.05, 3.63) is 120 Å². The molecule has 0 fully saturated rings. The monoisotopic (exact) mass is 444 g/mol.